The number of halogens is 1. The normalized spacial score (nSPS) is 12.9. The summed E-state index contributed by atoms with van der Waals surface area (Å²) in [7, 11) is 0. The Morgan fingerprint density at radius 3 is 2.95 bits per heavy atom. The number of hydrogen-bond donors (Lipinski definition) is 2. The first-order valence-electron chi connectivity index (χ1n) is 6.11. The largest absolute Gasteiger partial charge is 0.482 e. The molecule has 2 aromatic rings. The maximum absolute atomic E-state index is 12.7. The minimum absolute atomic E-state index is 0.0278. The molecular weight excluding hydrogens is 277 g/mol. The van der Waals surface area contributed by atoms with E-state index in [-0.39, 0.29) is 18.1 Å². The van der Waals surface area contributed by atoms with E-state index < -0.39 is 11.9 Å². The van der Waals surface area contributed by atoms with Gasteiger partial charge in [0.05, 0.1) is 11.3 Å². The van der Waals surface area contributed by atoms with Crippen LogP contribution in [0.4, 0.5) is 15.8 Å². The molecule has 0 aliphatic carbocycles. The summed E-state index contributed by atoms with van der Waals surface area (Å²) in [5.41, 5.74) is 1.20. The van der Waals surface area contributed by atoms with Gasteiger partial charge in [-0.05, 0) is 30.3 Å². The van der Waals surface area contributed by atoms with Gasteiger partial charge in [0.2, 0.25) is 5.95 Å². The predicted molar refractivity (Wildman–Crippen MR) is 72.7 cm³/mol. The fourth-order valence-electron chi connectivity index (χ4n) is 1.87. The third-order valence-corrected chi connectivity index (χ3v) is 2.86. The van der Waals surface area contributed by atoms with Gasteiger partial charge in [-0.15, -0.1) is 0 Å². The first-order valence-corrected chi connectivity index (χ1v) is 6.11. The summed E-state index contributed by atoms with van der Waals surface area (Å²) < 4.78 is 17.9. The van der Waals surface area contributed by atoms with E-state index in [1.165, 1.54) is 6.07 Å². The molecule has 0 radical (unpaired) electrons. The SMILES string of the molecule is O=C1COc2ccc(NC(=O)c3ccc(F)nc3)cc2N1. The highest BCUT2D eigenvalue weighted by atomic mass is 19.1. The van der Waals surface area contributed by atoms with Gasteiger partial charge < -0.3 is 15.4 Å². The Balaban J connectivity index is 1.79. The number of ether oxygens (including phenoxy) is 1. The van der Waals surface area contributed by atoms with Crippen LogP contribution in [-0.2, 0) is 4.79 Å². The molecular formula is C14H10FN3O3. The van der Waals surface area contributed by atoms with Crippen LogP contribution in [0, 0.1) is 5.95 Å². The van der Waals surface area contributed by atoms with Crippen LogP contribution in [0.2, 0.25) is 0 Å². The average molecular weight is 287 g/mol. The van der Waals surface area contributed by atoms with E-state index in [0.29, 0.717) is 17.1 Å². The van der Waals surface area contributed by atoms with Crippen LogP contribution < -0.4 is 15.4 Å². The molecule has 0 saturated heterocycles. The molecule has 1 aromatic heterocycles. The molecule has 1 aliphatic heterocycles. The van der Waals surface area contributed by atoms with Crippen molar-refractivity contribution in [2.45, 2.75) is 0 Å². The summed E-state index contributed by atoms with van der Waals surface area (Å²) in [5, 5.41) is 5.28. The Morgan fingerprint density at radius 1 is 1.33 bits per heavy atom. The third-order valence-electron chi connectivity index (χ3n) is 2.86. The lowest BCUT2D eigenvalue weighted by Gasteiger charge is -2.18. The van der Waals surface area contributed by atoms with Crippen LogP contribution in [0.5, 0.6) is 5.75 Å². The lowest BCUT2D eigenvalue weighted by molar-refractivity contribution is -0.118. The zero-order valence-electron chi connectivity index (χ0n) is 10.7. The summed E-state index contributed by atoms with van der Waals surface area (Å²) in [5.74, 6) is -0.796. The molecule has 21 heavy (non-hydrogen) atoms. The molecule has 3 rings (SSSR count). The zero-order chi connectivity index (χ0) is 14.8. The van der Waals surface area contributed by atoms with E-state index in [0.717, 1.165) is 12.3 Å². The number of nitrogens with one attached hydrogen (secondary N) is 2. The summed E-state index contributed by atoms with van der Waals surface area (Å²) in [6.45, 7) is -0.0278. The van der Waals surface area contributed by atoms with Crippen LogP contribution in [0.1, 0.15) is 10.4 Å². The highest BCUT2D eigenvalue weighted by molar-refractivity contribution is 6.05. The van der Waals surface area contributed by atoms with E-state index in [2.05, 4.69) is 15.6 Å². The predicted octanol–water partition coefficient (Wildman–Crippen LogP) is 1.80. The lowest BCUT2D eigenvalue weighted by Crippen LogP contribution is -2.25. The van der Waals surface area contributed by atoms with E-state index in [1.54, 1.807) is 18.2 Å². The number of hydrogen-bond acceptors (Lipinski definition) is 4. The van der Waals surface area contributed by atoms with E-state index in [9.17, 15) is 14.0 Å². The summed E-state index contributed by atoms with van der Waals surface area (Å²) in [4.78, 5) is 26.6. The molecule has 1 aromatic carbocycles. The van der Waals surface area contributed by atoms with Crippen molar-refractivity contribution >= 4 is 23.2 Å². The number of carbonyl (C=O) groups is 2. The molecule has 0 bridgehead atoms. The molecule has 2 N–H and O–H groups in total. The fourth-order valence-corrected chi connectivity index (χ4v) is 1.87. The molecule has 7 heteroatoms. The fraction of sp³-hybridized carbons (Fsp3) is 0.0714. The first-order chi connectivity index (χ1) is 10.1. The Bertz CT molecular complexity index is 716. The molecule has 6 nitrogen and oxygen atoms in total. The van der Waals surface area contributed by atoms with Crippen molar-refractivity contribution in [1.82, 2.24) is 4.98 Å². The van der Waals surface area contributed by atoms with Gasteiger partial charge in [-0.2, -0.15) is 4.39 Å². The molecule has 2 amide bonds. The topological polar surface area (TPSA) is 80.3 Å². The minimum Gasteiger partial charge on any atom is -0.482 e. The van der Waals surface area contributed by atoms with Gasteiger partial charge in [-0.25, -0.2) is 4.98 Å². The highest BCUT2D eigenvalue weighted by Gasteiger charge is 2.16. The van der Waals surface area contributed by atoms with Gasteiger partial charge in [0.1, 0.15) is 5.75 Å². The van der Waals surface area contributed by atoms with Crippen molar-refractivity contribution in [1.29, 1.82) is 0 Å². The lowest BCUT2D eigenvalue weighted by atomic mass is 10.2. The second kappa shape index (κ2) is 5.20. The van der Waals surface area contributed by atoms with Crippen LogP contribution in [0.3, 0.4) is 0 Å². The van der Waals surface area contributed by atoms with Crippen molar-refractivity contribution in [3.05, 3.63) is 48.0 Å². The molecule has 106 valence electrons. The summed E-state index contributed by atoms with van der Waals surface area (Å²) in [6, 6.07) is 7.32. The number of benzene rings is 1. The average Bonchev–Trinajstić information content (AvgIpc) is 2.47. The molecule has 0 atom stereocenters. The van der Waals surface area contributed by atoms with Crippen molar-refractivity contribution in [2.24, 2.45) is 0 Å². The van der Waals surface area contributed by atoms with E-state index in [1.807, 2.05) is 0 Å². The van der Waals surface area contributed by atoms with E-state index in [4.69, 9.17) is 4.74 Å². The second-order valence-electron chi connectivity index (χ2n) is 4.37. The standard InChI is InChI=1S/C14H10FN3O3/c15-12-4-1-8(6-16-12)14(20)17-9-2-3-11-10(5-9)18-13(19)7-21-11/h1-6H,7H2,(H,17,20)(H,18,19). The van der Waals surface area contributed by atoms with Crippen LogP contribution >= 0.6 is 0 Å². The molecule has 0 spiro atoms. The minimum atomic E-state index is -0.653. The quantitative estimate of drug-likeness (QED) is 0.825. The molecule has 0 saturated carbocycles. The number of fused-ring (bicyclic) bond motifs is 1. The van der Waals surface area contributed by atoms with Crippen molar-refractivity contribution in [2.75, 3.05) is 17.2 Å². The van der Waals surface area contributed by atoms with Gasteiger partial charge in [0, 0.05) is 11.9 Å². The van der Waals surface area contributed by atoms with Gasteiger partial charge in [-0.1, -0.05) is 0 Å². The van der Waals surface area contributed by atoms with Crippen LogP contribution in [0.15, 0.2) is 36.5 Å². The van der Waals surface area contributed by atoms with Crippen LogP contribution in [-0.4, -0.2) is 23.4 Å². The number of rotatable bonds is 2. The monoisotopic (exact) mass is 287 g/mol. The molecule has 1 aliphatic rings. The van der Waals surface area contributed by atoms with Gasteiger partial charge in [0.15, 0.2) is 6.61 Å². The molecule has 2 heterocycles. The second-order valence-corrected chi connectivity index (χ2v) is 4.37. The van der Waals surface area contributed by atoms with Gasteiger partial charge >= 0.3 is 0 Å². The maximum atomic E-state index is 12.7. The Labute approximate surface area is 118 Å². The smallest absolute Gasteiger partial charge is 0.262 e. The van der Waals surface area contributed by atoms with Gasteiger partial charge in [-0.3, -0.25) is 9.59 Å². The number of aromatic nitrogens is 1. The third kappa shape index (κ3) is 2.81. The number of carbonyl (C=O) groups excluding carboxylic acids is 2. The van der Waals surface area contributed by atoms with E-state index >= 15 is 0 Å². The molecule has 0 fully saturated rings. The van der Waals surface area contributed by atoms with Crippen LogP contribution in [0.25, 0.3) is 0 Å². The molecule has 0 unspecified atom stereocenters. The Hall–Kier alpha value is -2.96. The van der Waals surface area contributed by atoms with Gasteiger partial charge in [0.25, 0.3) is 11.8 Å². The van der Waals surface area contributed by atoms with Crippen molar-refractivity contribution in [3.8, 4) is 5.75 Å². The number of nitrogens with zero attached hydrogens (tertiary/aromatic N) is 1. The number of anilines is 2. The Morgan fingerprint density at radius 2 is 2.19 bits per heavy atom. The summed E-state index contributed by atoms with van der Waals surface area (Å²) >= 11 is 0. The van der Waals surface area contributed by atoms with Crippen molar-refractivity contribution in [3.63, 3.8) is 0 Å². The first kappa shape index (κ1) is 13.0. The Kier molecular flexibility index (Phi) is 3.23. The van der Waals surface area contributed by atoms with Crippen molar-refractivity contribution < 1.29 is 18.7 Å². The number of amides is 2. The zero-order valence-corrected chi connectivity index (χ0v) is 10.7. The highest BCUT2D eigenvalue weighted by Crippen LogP contribution is 2.30. The summed E-state index contributed by atoms with van der Waals surface area (Å²) in [6.07, 6.45) is 1.15. The number of pyridine rings is 1. The maximum Gasteiger partial charge on any atom is 0.262 e.